The van der Waals surface area contributed by atoms with E-state index in [0.717, 1.165) is 4.90 Å². The first-order chi connectivity index (χ1) is 14.2. The molecule has 1 saturated heterocycles. The number of non-ortho nitro benzene ring substituents is 1. The molecule has 2 aromatic rings. The molecule has 0 saturated carbocycles. The number of esters is 1. The molecule has 30 heavy (non-hydrogen) atoms. The molecule has 1 fully saturated rings. The molecule has 0 radical (unpaired) electrons. The second-order valence-electron chi connectivity index (χ2n) is 6.10. The minimum Gasteiger partial charge on any atom is -0.464 e. The molecule has 1 atom stereocenters. The minimum absolute atomic E-state index is 0.0897. The Morgan fingerprint density at radius 1 is 1.37 bits per heavy atom. The largest absolute Gasteiger partial charge is 0.464 e. The van der Waals surface area contributed by atoms with Crippen molar-refractivity contribution in [2.75, 3.05) is 6.61 Å². The second kappa shape index (κ2) is 8.72. The van der Waals surface area contributed by atoms with Crippen LogP contribution in [0.1, 0.15) is 19.6 Å². The number of rotatable bonds is 6. The topological polar surface area (TPSA) is 120 Å². The summed E-state index contributed by atoms with van der Waals surface area (Å²) in [6.07, 6.45) is 1.38. The zero-order valence-corrected chi connectivity index (χ0v) is 17.4. The molecule has 2 heterocycles. The minimum atomic E-state index is -1.05. The van der Waals surface area contributed by atoms with Crippen molar-refractivity contribution in [3.8, 4) is 11.3 Å². The first-order valence-electron chi connectivity index (χ1n) is 8.70. The number of hydrogen-bond donors (Lipinski definition) is 0. The van der Waals surface area contributed by atoms with Gasteiger partial charge in [0.25, 0.3) is 16.8 Å². The summed E-state index contributed by atoms with van der Waals surface area (Å²) in [6.45, 7) is 3.18. The summed E-state index contributed by atoms with van der Waals surface area (Å²) in [6, 6.07) is 6.07. The Morgan fingerprint density at radius 3 is 2.73 bits per heavy atom. The Bertz CT molecular complexity index is 1080. The molecule has 0 unspecified atom stereocenters. The smallest absolute Gasteiger partial charge is 0.329 e. The van der Waals surface area contributed by atoms with Crippen LogP contribution in [0.2, 0.25) is 5.02 Å². The van der Waals surface area contributed by atoms with Crippen molar-refractivity contribution < 1.29 is 28.5 Å². The molecule has 0 N–H and O–H groups in total. The molecule has 1 aromatic carbocycles. The fourth-order valence-corrected chi connectivity index (χ4v) is 3.86. The van der Waals surface area contributed by atoms with Crippen molar-refractivity contribution in [1.29, 1.82) is 0 Å². The number of nitro groups is 1. The number of thioether (sulfide) groups is 1. The van der Waals surface area contributed by atoms with Gasteiger partial charge in [-0.05, 0) is 43.8 Å². The van der Waals surface area contributed by atoms with E-state index in [-0.39, 0.29) is 28.0 Å². The highest BCUT2D eigenvalue weighted by atomic mass is 35.5. The average molecular weight is 451 g/mol. The van der Waals surface area contributed by atoms with Crippen LogP contribution in [0.5, 0.6) is 0 Å². The molecule has 3 rings (SSSR count). The standard InChI is InChI=1S/C19H15ClN2O7S/c1-3-28-18(24)10(2)21-17(23)16(30-19(21)25)9-12-5-7-15(29-12)13-6-4-11(22(26)27)8-14(13)20/h4-10H,3H2,1-2H3/b16-9+/t10-/m1/s1. The summed E-state index contributed by atoms with van der Waals surface area (Å²) in [5.74, 6) is -0.694. The highest BCUT2D eigenvalue weighted by Gasteiger charge is 2.41. The third kappa shape index (κ3) is 4.24. The van der Waals surface area contributed by atoms with Crippen LogP contribution in [0.3, 0.4) is 0 Å². The molecule has 0 bridgehead atoms. The van der Waals surface area contributed by atoms with Gasteiger partial charge in [0, 0.05) is 23.8 Å². The number of halogens is 1. The van der Waals surface area contributed by atoms with Crippen LogP contribution in [0.25, 0.3) is 17.4 Å². The van der Waals surface area contributed by atoms with E-state index in [1.54, 1.807) is 19.1 Å². The Balaban J connectivity index is 1.83. The predicted octanol–water partition coefficient (Wildman–Crippen LogP) is 4.50. The zero-order valence-electron chi connectivity index (χ0n) is 15.8. The van der Waals surface area contributed by atoms with Crippen LogP contribution in [0, 0.1) is 10.1 Å². The second-order valence-corrected chi connectivity index (χ2v) is 7.50. The zero-order chi connectivity index (χ0) is 22.0. The molecule has 156 valence electrons. The van der Waals surface area contributed by atoms with Gasteiger partial charge in [0.15, 0.2) is 0 Å². The maximum Gasteiger partial charge on any atom is 0.329 e. The lowest BCUT2D eigenvalue weighted by Crippen LogP contribution is -2.42. The number of ether oxygens (including phenoxy) is 1. The number of nitro benzene ring substituents is 1. The van der Waals surface area contributed by atoms with Gasteiger partial charge in [0.2, 0.25) is 0 Å². The predicted molar refractivity (Wildman–Crippen MR) is 110 cm³/mol. The Kier molecular flexibility index (Phi) is 6.28. The molecule has 9 nitrogen and oxygen atoms in total. The first-order valence-corrected chi connectivity index (χ1v) is 9.90. The van der Waals surface area contributed by atoms with Crippen LogP contribution < -0.4 is 0 Å². The van der Waals surface area contributed by atoms with Gasteiger partial charge < -0.3 is 9.15 Å². The van der Waals surface area contributed by atoms with Crippen LogP contribution in [-0.4, -0.2) is 39.6 Å². The van der Waals surface area contributed by atoms with Crippen LogP contribution in [0.15, 0.2) is 39.7 Å². The van der Waals surface area contributed by atoms with Gasteiger partial charge in [0.05, 0.1) is 21.5 Å². The number of nitrogens with zero attached hydrogens (tertiary/aromatic N) is 2. The molecule has 1 aliphatic rings. The summed E-state index contributed by atoms with van der Waals surface area (Å²) >= 11 is 6.79. The Hall–Kier alpha value is -3.11. The number of imide groups is 1. The quantitative estimate of drug-likeness (QED) is 0.273. The summed E-state index contributed by atoms with van der Waals surface area (Å²) in [7, 11) is 0. The number of amides is 2. The average Bonchev–Trinajstić information content (AvgIpc) is 3.26. The highest BCUT2D eigenvalue weighted by Crippen LogP contribution is 2.36. The number of carbonyl (C=O) groups excluding carboxylic acids is 3. The lowest BCUT2D eigenvalue weighted by Gasteiger charge is -2.19. The van der Waals surface area contributed by atoms with Crippen molar-refractivity contribution in [2.24, 2.45) is 0 Å². The fourth-order valence-electron chi connectivity index (χ4n) is 2.70. The van der Waals surface area contributed by atoms with Crippen molar-refractivity contribution in [1.82, 2.24) is 4.90 Å². The van der Waals surface area contributed by atoms with Crippen LogP contribution in [-0.2, 0) is 14.3 Å². The van der Waals surface area contributed by atoms with Crippen molar-refractivity contribution in [2.45, 2.75) is 19.9 Å². The molecule has 1 aliphatic heterocycles. The maximum atomic E-state index is 12.6. The number of furan rings is 1. The number of carbonyl (C=O) groups is 3. The van der Waals surface area contributed by atoms with Crippen LogP contribution in [0.4, 0.5) is 10.5 Å². The summed E-state index contributed by atoms with van der Waals surface area (Å²) in [5, 5.41) is 10.4. The lowest BCUT2D eigenvalue weighted by molar-refractivity contribution is -0.384. The Morgan fingerprint density at radius 2 is 2.10 bits per heavy atom. The van der Waals surface area contributed by atoms with Gasteiger partial charge in [-0.25, -0.2) is 4.79 Å². The summed E-state index contributed by atoms with van der Waals surface area (Å²) < 4.78 is 10.5. The molecule has 0 spiro atoms. The van der Waals surface area contributed by atoms with E-state index >= 15 is 0 Å². The van der Waals surface area contributed by atoms with E-state index < -0.39 is 28.1 Å². The van der Waals surface area contributed by atoms with Gasteiger partial charge >= 0.3 is 5.97 Å². The number of hydrogen-bond acceptors (Lipinski definition) is 8. The molecule has 1 aromatic heterocycles. The fraction of sp³-hybridized carbons (Fsp3) is 0.211. The monoisotopic (exact) mass is 450 g/mol. The van der Waals surface area contributed by atoms with Crippen molar-refractivity contribution in [3.63, 3.8) is 0 Å². The summed E-state index contributed by atoms with van der Waals surface area (Å²) in [5.41, 5.74) is 0.283. The third-order valence-electron chi connectivity index (χ3n) is 4.17. The first kappa shape index (κ1) is 21.6. The summed E-state index contributed by atoms with van der Waals surface area (Å²) in [4.78, 5) is 47.9. The molecular weight excluding hydrogens is 436 g/mol. The molecular formula is C19H15ClN2O7S. The van der Waals surface area contributed by atoms with Crippen molar-refractivity contribution >= 4 is 52.2 Å². The van der Waals surface area contributed by atoms with E-state index in [2.05, 4.69) is 0 Å². The molecule has 2 amide bonds. The van der Waals surface area contributed by atoms with Gasteiger partial charge in [-0.2, -0.15) is 0 Å². The van der Waals surface area contributed by atoms with E-state index in [0.29, 0.717) is 23.1 Å². The maximum absolute atomic E-state index is 12.6. The normalized spacial score (nSPS) is 16.2. The Labute approximate surface area is 179 Å². The van der Waals surface area contributed by atoms with Crippen molar-refractivity contribution in [3.05, 3.63) is 56.1 Å². The molecule has 11 heteroatoms. The van der Waals surface area contributed by atoms with Gasteiger partial charge in [-0.15, -0.1) is 0 Å². The van der Waals surface area contributed by atoms with Gasteiger partial charge in [-0.3, -0.25) is 24.6 Å². The van der Waals surface area contributed by atoms with E-state index in [1.165, 1.54) is 31.2 Å². The van der Waals surface area contributed by atoms with Gasteiger partial charge in [-0.1, -0.05) is 11.6 Å². The van der Waals surface area contributed by atoms with E-state index in [4.69, 9.17) is 20.8 Å². The van der Waals surface area contributed by atoms with Crippen LogP contribution >= 0.6 is 23.4 Å². The van der Waals surface area contributed by atoms with Gasteiger partial charge in [0.1, 0.15) is 17.6 Å². The number of benzene rings is 1. The van der Waals surface area contributed by atoms with E-state index in [9.17, 15) is 24.5 Å². The van der Waals surface area contributed by atoms with E-state index in [1.807, 2.05) is 0 Å². The third-order valence-corrected chi connectivity index (χ3v) is 5.36. The highest BCUT2D eigenvalue weighted by molar-refractivity contribution is 8.18. The molecule has 0 aliphatic carbocycles. The SMILES string of the molecule is CCOC(=O)[C@@H](C)N1C(=O)S/C(=C/c2ccc(-c3ccc([N+](=O)[O-])cc3Cl)o2)C1=O. The lowest BCUT2D eigenvalue weighted by atomic mass is 10.1.